The topological polar surface area (TPSA) is 127 Å². The Balaban J connectivity index is 1.43. The normalized spacial score (nSPS) is 22.7. The molecule has 1 saturated heterocycles. The van der Waals surface area contributed by atoms with Crippen LogP contribution in [0, 0.1) is 6.92 Å². The summed E-state index contributed by atoms with van der Waals surface area (Å²) in [4.78, 5) is 37.9. The molecule has 2 aliphatic rings. The molecule has 2 fully saturated rings. The summed E-state index contributed by atoms with van der Waals surface area (Å²) in [5, 5.41) is 13.3. The van der Waals surface area contributed by atoms with Crippen LogP contribution in [0.25, 0.3) is 22.7 Å². The van der Waals surface area contributed by atoms with Crippen molar-refractivity contribution in [2.75, 3.05) is 6.61 Å². The molecule has 3 atom stereocenters. The van der Waals surface area contributed by atoms with Gasteiger partial charge in [-0.3, -0.25) is 4.79 Å². The Morgan fingerprint density at radius 3 is 2.79 bits per heavy atom. The molecule has 1 amide bonds. The third-order valence-corrected chi connectivity index (χ3v) is 6.48. The quantitative estimate of drug-likeness (QED) is 0.575. The number of carboxylic acids is 1. The first-order valence-corrected chi connectivity index (χ1v) is 11.4. The minimum atomic E-state index is -1.14. The Kier molecular flexibility index (Phi) is 5.76. The van der Waals surface area contributed by atoms with E-state index in [2.05, 4.69) is 20.3 Å². The largest absolute Gasteiger partial charge is 0.476 e. The number of rotatable bonds is 5. The van der Waals surface area contributed by atoms with Crippen LogP contribution in [0.5, 0.6) is 0 Å². The maximum absolute atomic E-state index is 12.4. The molecular formula is C23H23ClN4O5. The molecule has 10 heteroatoms. The molecule has 33 heavy (non-hydrogen) atoms. The van der Waals surface area contributed by atoms with Crippen molar-refractivity contribution in [3.63, 3.8) is 0 Å². The number of halogens is 1. The lowest BCUT2D eigenvalue weighted by atomic mass is 10.00. The van der Waals surface area contributed by atoms with Crippen LogP contribution >= 0.6 is 11.6 Å². The summed E-state index contributed by atoms with van der Waals surface area (Å²) in [6.07, 6.45) is 3.23. The molecule has 0 unspecified atom stereocenters. The van der Waals surface area contributed by atoms with E-state index < -0.39 is 12.1 Å². The van der Waals surface area contributed by atoms with E-state index in [4.69, 9.17) is 20.8 Å². The van der Waals surface area contributed by atoms with E-state index in [1.54, 1.807) is 25.1 Å². The van der Waals surface area contributed by atoms with Crippen molar-refractivity contribution in [2.24, 2.45) is 0 Å². The van der Waals surface area contributed by atoms with Crippen molar-refractivity contribution >= 4 is 34.6 Å². The van der Waals surface area contributed by atoms with Crippen LogP contribution in [0.1, 0.15) is 59.9 Å². The van der Waals surface area contributed by atoms with Gasteiger partial charge in [-0.15, -0.1) is 0 Å². The zero-order chi connectivity index (χ0) is 23.1. The van der Waals surface area contributed by atoms with Crippen molar-refractivity contribution in [1.29, 1.82) is 0 Å². The highest BCUT2D eigenvalue weighted by Gasteiger charge is 2.34. The van der Waals surface area contributed by atoms with Gasteiger partial charge in [-0.2, -0.15) is 0 Å². The number of aromatic nitrogens is 3. The lowest BCUT2D eigenvalue weighted by Crippen LogP contribution is -2.40. The van der Waals surface area contributed by atoms with E-state index in [1.165, 1.54) is 0 Å². The number of oxazole rings is 1. The maximum Gasteiger partial charge on any atom is 0.356 e. The van der Waals surface area contributed by atoms with Gasteiger partial charge in [-0.25, -0.2) is 19.7 Å². The Morgan fingerprint density at radius 1 is 1.18 bits per heavy atom. The van der Waals surface area contributed by atoms with Crippen LogP contribution in [-0.4, -0.2) is 50.7 Å². The number of carboxylic acid groups (broad SMARTS) is 1. The molecule has 1 saturated carbocycles. The highest BCUT2D eigenvalue weighted by atomic mass is 35.5. The molecule has 1 aliphatic heterocycles. The number of hydrogen-bond donors (Lipinski definition) is 2. The third-order valence-electron chi connectivity index (χ3n) is 6.24. The Labute approximate surface area is 194 Å². The molecule has 1 aliphatic carbocycles. The summed E-state index contributed by atoms with van der Waals surface area (Å²) < 4.78 is 11.3. The molecule has 0 radical (unpaired) electrons. The van der Waals surface area contributed by atoms with E-state index in [0.29, 0.717) is 52.7 Å². The number of benzene rings is 1. The van der Waals surface area contributed by atoms with E-state index in [9.17, 15) is 14.7 Å². The molecular weight excluding hydrogens is 448 g/mol. The fourth-order valence-electron chi connectivity index (χ4n) is 4.62. The van der Waals surface area contributed by atoms with Crippen molar-refractivity contribution in [3.8, 4) is 11.6 Å². The SMILES string of the molecule is Cc1nc(C(=O)O)c([C@@H]2CC[C@H](NC(=O)[C@@H]3CCCO3)C2)nc1-c1nc2ccc(Cl)cc2o1. The standard InChI is InChI=1S/C23H23ClN4O5/c1-11-18(22-27-15-7-5-13(24)10-17(15)33-22)28-19(20(25-11)23(30)31)12-4-6-14(9-12)26-21(29)16-3-2-8-32-16/h5,7,10,12,14,16H,2-4,6,8-9H2,1H3,(H,26,29)(H,30,31)/t12-,14+,16+/m1/s1. The average molecular weight is 471 g/mol. The highest BCUT2D eigenvalue weighted by molar-refractivity contribution is 6.31. The van der Waals surface area contributed by atoms with Crippen LogP contribution in [0.15, 0.2) is 22.6 Å². The summed E-state index contributed by atoms with van der Waals surface area (Å²) in [5.74, 6) is -1.13. The number of amides is 1. The van der Waals surface area contributed by atoms with Gasteiger partial charge in [-0.1, -0.05) is 11.6 Å². The van der Waals surface area contributed by atoms with Gasteiger partial charge in [0.15, 0.2) is 11.3 Å². The molecule has 0 bridgehead atoms. The van der Waals surface area contributed by atoms with Crippen molar-refractivity contribution < 1.29 is 23.8 Å². The summed E-state index contributed by atoms with van der Waals surface area (Å²) in [5.41, 5.74) is 2.26. The molecule has 3 heterocycles. The van der Waals surface area contributed by atoms with Crippen LogP contribution in [0.4, 0.5) is 0 Å². The number of nitrogens with zero attached hydrogens (tertiary/aromatic N) is 3. The molecule has 9 nitrogen and oxygen atoms in total. The molecule has 3 aromatic rings. The number of carbonyl (C=O) groups is 2. The number of aromatic carboxylic acids is 1. The number of ether oxygens (including phenoxy) is 1. The van der Waals surface area contributed by atoms with Gasteiger partial charge in [0, 0.05) is 29.7 Å². The number of carbonyl (C=O) groups excluding carboxylic acids is 1. The van der Waals surface area contributed by atoms with Crippen LogP contribution in [-0.2, 0) is 9.53 Å². The molecule has 2 aromatic heterocycles. The van der Waals surface area contributed by atoms with Gasteiger partial charge in [0.2, 0.25) is 11.8 Å². The predicted octanol–water partition coefficient (Wildman–Crippen LogP) is 3.88. The molecule has 2 N–H and O–H groups in total. The second kappa shape index (κ2) is 8.72. The summed E-state index contributed by atoms with van der Waals surface area (Å²) >= 11 is 6.04. The van der Waals surface area contributed by atoms with Crippen LogP contribution in [0.3, 0.4) is 0 Å². The average Bonchev–Trinajstić information content (AvgIpc) is 3.53. The van der Waals surface area contributed by atoms with Gasteiger partial charge in [0.25, 0.3) is 0 Å². The van der Waals surface area contributed by atoms with Crippen molar-refractivity contribution in [2.45, 2.75) is 57.1 Å². The van der Waals surface area contributed by atoms with Crippen molar-refractivity contribution in [3.05, 3.63) is 40.3 Å². The molecule has 172 valence electrons. The second-order valence-corrected chi connectivity index (χ2v) is 8.98. The second-order valence-electron chi connectivity index (χ2n) is 8.54. The van der Waals surface area contributed by atoms with Crippen molar-refractivity contribution in [1.82, 2.24) is 20.3 Å². The molecule has 5 rings (SSSR count). The molecule has 0 spiro atoms. The fraction of sp³-hybridized carbons (Fsp3) is 0.435. The van der Waals surface area contributed by atoms with E-state index in [0.717, 1.165) is 19.3 Å². The number of nitrogens with one attached hydrogen (secondary N) is 1. The number of hydrogen-bond acceptors (Lipinski definition) is 7. The predicted molar refractivity (Wildman–Crippen MR) is 119 cm³/mol. The summed E-state index contributed by atoms with van der Waals surface area (Å²) in [6.45, 7) is 2.29. The van der Waals surface area contributed by atoms with E-state index in [-0.39, 0.29) is 29.5 Å². The number of aryl methyl sites for hydroxylation is 1. The van der Waals surface area contributed by atoms with Crippen LogP contribution < -0.4 is 5.32 Å². The van der Waals surface area contributed by atoms with Gasteiger partial charge in [-0.05, 0) is 51.2 Å². The minimum Gasteiger partial charge on any atom is -0.476 e. The summed E-state index contributed by atoms with van der Waals surface area (Å²) in [7, 11) is 0. The zero-order valence-electron chi connectivity index (χ0n) is 18.0. The van der Waals surface area contributed by atoms with Gasteiger partial charge in [0.1, 0.15) is 17.3 Å². The zero-order valence-corrected chi connectivity index (χ0v) is 18.8. The first kappa shape index (κ1) is 21.8. The smallest absolute Gasteiger partial charge is 0.356 e. The number of fused-ring (bicyclic) bond motifs is 1. The first-order chi connectivity index (χ1) is 15.9. The van der Waals surface area contributed by atoms with E-state index in [1.807, 2.05) is 0 Å². The monoisotopic (exact) mass is 470 g/mol. The Morgan fingerprint density at radius 2 is 2.03 bits per heavy atom. The highest BCUT2D eigenvalue weighted by Crippen LogP contribution is 2.37. The van der Waals surface area contributed by atoms with Crippen LogP contribution in [0.2, 0.25) is 5.02 Å². The van der Waals surface area contributed by atoms with Gasteiger partial charge >= 0.3 is 5.97 Å². The minimum absolute atomic E-state index is 0.0636. The third kappa shape index (κ3) is 4.30. The fourth-order valence-corrected chi connectivity index (χ4v) is 4.78. The lowest BCUT2D eigenvalue weighted by molar-refractivity contribution is -0.130. The Bertz CT molecular complexity index is 1240. The molecule has 1 aromatic carbocycles. The summed E-state index contributed by atoms with van der Waals surface area (Å²) in [6, 6.07) is 5.07. The maximum atomic E-state index is 12.4. The van der Waals surface area contributed by atoms with Gasteiger partial charge in [0.05, 0.1) is 11.4 Å². The lowest BCUT2D eigenvalue weighted by Gasteiger charge is -2.17. The Hall–Kier alpha value is -3.04. The first-order valence-electron chi connectivity index (χ1n) is 11.0. The van der Waals surface area contributed by atoms with E-state index >= 15 is 0 Å². The van der Waals surface area contributed by atoms with Gasteiger partial charge < -0.3 is 19.6 Å².